The van der Waals surface area contributed by atoms with Crippen molar-refractivity contribution in [3.8, 4) is 0 Å². The molecule has 0 radical (unpaired) electrons. The lowest BCUT2D eigenvalue weighted by atomic mass is 10.1. The summed E-state index contributed by atoms with van der Waals surface area (Å²) in [5, 5.41) is 13.2. The van der Waals surface area contributed by atoms with Crippen LogP contribution in [0.5, 0.6) is 0 Å². The maximum atomic E-state index is 12.0. The summed E-state index contributed by atoms with van der Waals surface area (Å²) in [4.78, 5) is 14.3. The number of nitrogens with zero attached hydrogens (tertiary/aromatic N) is 6. The topological polar surface area (TPSA) is 68.8 Å². The van der Waals surface area contributed by atoms with Gasteiger partial charge in [-0.3, -0.25) is 9.69 Å². The minimum absolute atomic E-state index is 0.0113. The van der Waals surface area contributed by atoms with Gasteiger partial charge in [-0.15, -0.1) is 10.2 Å². The number of aromatic nitrogens is 5. The molecule has 1 aliphatic carbocycles. The minimum atomic E-state index is -0.0113. The van der Waals surface area contributed by atoms with Gasteiger partial charge in [0.1, 0.15) is 11.6 Å². The number of rotatable bonds is 4. The Labute approximate surface area is 134 Å². The van der Waals surface area contributed by atoms with Gasteiger partial charge in [0.25, 0.3) is 5.56 Å². The first-order chi connectivity index (χ1) is 11.2. The molecule has 1 aliphatic heterocycles. The van der Waals surface area contributed by atoms with E-state index in [9.17, 15) is 4.79 Å². The molecular weight excluding hydrogens is 292 g/mol. The van der Waals surface area contributed by atoms with Crippen LogP contribution in [-0.2, 0) is 33.1 Å². The second-order valence-corrected chi connectivity index (χ2v) is 6.54. The van der Waals surface area contributed by atoms with Crippen molar-refractivity contribution < 1.29 is 0 Å². The molecule has 0 spiro atoms. The van der Waals surface area contributed by atoms with E-state index in [1.54, 1.807) is 10.7 Å². The van der Waals surface area contributed by atoms with Gasteiger partial charge in [0.2, 0.25) is 0 Å². The number of hydrogen-bond donors (Lipinski definition) is 0. The summed E-state index contributed by atoms with van der Waals surface area (Å²) in [6, 6.07) is 1.74. The summed E-state index contributed by atoms with van der Waals surface area (Å²) >= 11 is 0. The van der Waals surface area contributed by atoms with Crippen molar-refractivity contribution in [3.63, 3.8) is 0 Å². The van der Waals surface area contributed by atoms with E-state index in [4.69, 9.17) is 0 Å². The molecule has 7 heteroatoms. The van der Waals surface area contributed by atoms with Crippen LogP contribution >= 0.6 is 0 Å². The molecule has 0 N–H and O–H groups in total. The Balaban J connectivity index is 1.52. The largest absolute Gasteiger partial charge is 0.317 e. The van der Waals surface area contributed by atoms with Crippen LogP contribution < -0.4 is 5.56 Å². The van der Waals surface area contributed by atoms with Gasteiger partial charge in [0, 0.05) is 45.1 Å². The molecule has 0 aromatic carbocycles. The number of aryl methyl sites for hydroxylation is 1. The average Bonchev–Trinajstić information content (AvgIpc) is 3.32. The third-order valence-corrected chi connectivity index (χ3v) is 4.83. The normalized spacial score (nSPS) is 18.2. The molecule has 23 heavy (non-hydrogen) atoms. The van der Waals surface area contributed by atoms with Crippen molar-refractivity contribution >= 4 is 0 Å². The van der Waals surface area contributed by atoms with Crippen LogP contribution in [0.3, 0.4) is 0 Å². The van der Waals surface area contributed by atoms with Crippen molar-refractivity contribution in [1.82, 2.24) is 29.4 Å². The van der Waals surface area contributed by atoms with Crippen molar-refractivity contribution in [3.05, 3.63) is 39.3 Å². The standard InChI is InChI=1S/C16H22N6O/c1-3-22-15(23)8-12-9-21(7-6-13(12)19-22)10-14-17-18-16(20(14)2)11-4-5-11/h8,11H,3-7,9-10H2,1-2H3. The van der Waals surface area contributed by atoms with Gasteiger partial charge in [-0.25, -0.2) is 4.68 Å². The fraction of sp³-hybridized carbons (Fsp3) is 0.625. The van der Waals surface area contributed by atoms with Gasteiger partial charge < -0.3 is 4.57 Å². The van der Waals surface area contributed by atoms with Crippen molar-refractivity contribution in [2.45, 2.75) is 51.7 Å². The maximum Gasteiger partial charge on any atom is 0.267 e. The minimum Gasteiger partial charge on any atom is -0.317 e. The first-order valence-corrected chi connectivity index (χ1v) is 8.36. The Morgan fingerprint density at radius 2 is 2.13 bits per heavy atom. The SMILES string of the molecule is CCn1nc2c(cc1=O)CN(Cc1nnc(C3CC3)n1C)CC2. The highest BCUT2D eigenvalue weighted by atomic mass is 16.1. The Kier molecular flexibility index (Phi) is 3.52. The second-order valence-electron chi connectivity index (χ2n) is 6.54. The number of hydrogen-bond acceptors (Lipinski definition) is 5. The third kappa shape index (κ3) is 2.69. The van der Waals surface area contributed by atoms with E-state index in [-0.39, 0.29) is 5.56 Å². The summed E-state index contributed by atoms with van der Waals surface area (Å²) in [5.41, 5.74) is 2.10. The summed E-state index contributed by atoms with van der Waals surface area (Å²) in [6.07, 6.45) is 3.35. The smallest absolute Gasteiger partial charge is 0.267 e. The maximum absolute atomic E-state index is 12.0. The molecule has 122 valence electrons. The molecule has 3 heterocycles. The zero-order valence-electron chi connectivity index (χ0n) is 13.7. The fourth-order valence-corrected chi connectivity index (χ4v) is 3.27. The van der Waals surface area contributed by atoms with Crippen LogP contribution in [0.15, 0.2) is 10.9 Å². The summed E-state index contributed by atoms with van der Waals surface area (Å²) in [6.45, 7) is 5.04. The lowest BCUT2D eigenvalue weighted by molar-refractivity contribution is 0.232. The number of fused-ring (bicyclic) bond motifs is 1. The molecule has 1 saturated carbocycles. The summed E-state index contributed by atoms with van der Waals surface area (Å²) in [5.74, 6) is 2.73. The lowest BCUT2D eigenvalue weighted by Crippen LogP contribution is -2.35. The highest BCUT2D eigenvalue weighted by molar-refractivity contribution is 5.20. The van der Waals surface area contributed by atoms with Gasteiger partial charge in [0.05, 0.1) is 12.2 Å². The Hall–Kier alpha value is -2.02. The van der Waals surface area contributed by atoms with Crippen LogP contribution in [0.25, 0.3) is 0 Å². The molecule has 0 amide bonds. The van der Waals surface area contributed by atoms with Gasteiger partial charge in [-0.1, -0.05) is 0 Å². The molecule has 0 bridgehead atoms. The van der Waals surface area contributed by atoms with E-state index in [1.807, 2.05) is 6.92 Å². The first kappa shape index (κ1) is 14.6. The molecule has 1 fully saturated rings. The molecule has 2 aromatic heterocycles. The fourth-order valence-electron chi connectivity index (χ4n) is 3.27. The molecular formula is C16H22N6O. The Morgan fingerprint density at radius 3 is 2.87 bits per heavy atom. The van der Waals surface area contributed by atoms with Crippen LogP contribution in [0.2, 0.25) is 0 Å². The van der Waals surface area contributed by atoms with Gasteiger partial charge in [-0.05, 0) is 25.3 Å². The van der Waals surface area contributed by atoms with E-state index in [1.165, 1.54) is 12.8 Å². The molecule has 2 aromatic rings. The second kappa shape index (κ2) is 5.56. The predicted octanol–water partition coefficient (Wildman–Crippen LogP) is 0.827. The van der Waals surface area contributed by atoms with Gasteiger partial charge in [0.15, 0.2) is 0 Å². The van der Waals surface area contributed by atoms with E-state index in [0.717, 1.165) is 49.0 Å². The predicted molar refractivity (Wildman–Crippen MR) is 85.0 cm³/mol. The van der Waals surface area contributed by atoms with Crippen LogP contribution in [0.4, 0.5) is 0 Å². The van der Waals surface area contributed by atoms with Crippen LogP contribution in [-0.4, -0.2) is 36.0 Å². The summed E-state index contributed by atoms with van der Waals surface area (Å²) < 4.78 is 3.68. The molecule has 0 atom stereocenters. The molecule has 7 nitrogen and oxygen atoms in total. The molecule has 0 saturated heterocycles. The van der Waals surface area contributed by atoms with E-state index in [0.29, 0.717) is 12.5 Å². The molecule has 0 unspecified atom stereocenters. The average molecular weight is 314 g/mol. The van der Waals surface area contributed by atoms with Crippen LogP contribution in [0, 0.1) is 0 Å². The van der Waals surface area contributed by atoms with E-state index < -0.39 is 0 Å². The molecule has 4 rings (SSSR count). The first-order valence-electron chi connectivity index (χ1n) is 8.36. The van der Waals surface area contributed by atoms with Crippen molar-refractivity contribution in [2.24, 2.45) is 7.05 Å². The molecule has 2 aliphatic rings. The van der Waals surface area contributed by atoms with Gasteiger partial charge >= 0.3 is 0 Å². The van der Waals surface area contributed by atoms with E-state index in [2.05, 4.69) is 31.8 Å². The Bertz CT molecular complexity index is 788. The summed E-state index contributed by atoms with van der Waals surface area (Å²) in [7, 11) is 2.06. The zero-order valence-corrected chi connectivity index (χ0v) is 13.7. The highest BCUT2D eigenvalue weighted by Crippen LogP contribution is 2.38. The van der Waals surface area contributed by atoms with Crippen molar-refractivity contribution in [2.75, 3.05) is 6.54 Å². The quantitative estimate of drug-likeness (QED) is 0.836. The van der Waals surface area contributed by atoms with Crippen molar-refractivity contribution in [1.29, 1.82) is 0 Å². The Morgan fingerprint density at radius 1 is 1.30 bits per heavy atom. The van der Waals surface area contributed by atoms with Crippen LogP contribution in [0.1, 0.15) is 48.6 Å². The third-order valence-electron chi connectivity index (χ3n) is 4.83. The van der Waals surface area contributed by atoms with Gasteiger partial charge in [-0.2, -0.15) is 5.10 Å². The lowest BCUT2D eigenvalue weighted by Gasteiger charge is -2.27. The highest BCUT2D eigenvalue weighted by Gasteiger charge is 2.29. The monoisotopic (exact) mass is 314 g/mol. The zero-order chi connectivity index (χ0) is 16.0. The van der Waals surface area contributed by atoms with E-state index >= 15 is 0 Å².